The third kappa shape index (κ3) is 2.01. The van der Waals surface area contributed by atoms with Crippen LogP contribution in [0, 0.1) is 6.92 Å². The van der Waals surface area contributed by atoms with E-state index in [0.717, 1.165) is 36.0 Å². The number of nitrogens with one attached hydrogen (secondary N) is 1. The molecule has 0 atom stereocenters. The highest BCUT2D eigenvalue weighted by Gasteiger charge is 2.16. The Bertz CT molecular complexity index is 555. The lowest BCUT2D eigenvalue weighted by Crippen LogP contribution is -2.19. The predicted molar refractivity (Wildman–Crippen MR) is 70.2 cm³/mol. The van der Waals surface area contributed by atoms with Gasteiger partial charge in [0.25, 0.3) is 0 Å². The van der Waals surface area contributed by atoms with Gasteiger partial charge in [-0.05, 0) is 25.8 Å². The standard InChI is InChI=1S/C12H16N6/c1-8-6-10(17-16-8)9-7-11(15-12(13)14-9)18-4-2-3-5-18/h6-7H,2-5H2,1H3,(H,16,17)(H2,13,14,15). The van der Waals surface area contributed by atoms with E-state index >= 15 is 0 Å². The van der Waals surface area contributed by atoms with Crippen LogP contribution in [-0.2, 0) is 0 Å². The number of H-pyrrole nitrogens is 1. The van der Waals surface area contributed by atoms with Gasteiger partial charge in [-0.2, -0.15) is 10.1 Å². The minimum absolute atomic E-state index is 0.301. The summed E-state index contributed by atoms with van der Waals surface area (Å²) in [4.78, 5) is 10.8. The topological polar surface area (TPSA) is 83.7 Å². The summed E-state index contributed by atoms with van der Waals surface area (Å²) in [7, 11) is 0. The average molecular weight is 244 g/mol. The molecular weight excluding hydrogens is 228 g/mol. The van der Waals surface area contributed by atoms with E-state index in [0.29, 0.717) is 5.95 Å². The number of aryl methyl sites for hydroxylation is 1. The van der Waals surface area contributed by atoms with Crippen LogP contribution in [0.15, 0.2) is 12.1 Å². The quantitative estimate of drug-likeness (QED) is 0.833. The lowest BCUT2D eigenvalue weighted by molar-refractivity contribution is 0.931. The van der Waals surface area contributed by atoms with E-state index in [1.54, 1.807) is 0 Å². The van der Waals surface area contributed by atoms with Gasteiger partial charge in [0, 0.05) is 24.8 Å². The van der Waals surface area contributed by atoms with Gasteiger partial charge in [0.15, 0.2) is 0 Å². The summed E-state index contributed by atoms with van der Waals surface area (Å²) in [6, 6.07) is 3.91. The van der Waals surface area contributed by atoms with Crippen molar-refractivity contribution in [1.82, 2.24) is 20.2 Å². The molecule has 1 fully saturated rings. The molecule has 0 radical (unpaired) electrons. The molecule has 0 bridgehead atoms. The molecule has 0 aliphatic carbocycles. The molecule has 94 valence electrons. The van der Waals surface area contributed by atoms with Crippen molar-refractivity contribution >= 4 is 11.8 Å². The number of rotatable bonds is 2. The first-order valence-electron chi connectivity index (χ1n) is 6.14. The third-order valence-electron chi connectivity index (χ3n) is 3.13. The first kappa shape index (κ1) is 11.0. The largest absolute Gasteiger partial charge is 0.368 e. The van der Waals surface area contributed by atoms with Crippen LogP contribution in [0.25, 0.3) is 11.4 Å². The lowest BCUT2D eigenvalue weighted by atomic mass is 10.2. The molecule has 2 aromatic heterocycles. The fourth-order valence-corrected chi connectivity index (χ4v) is 2.24. The van der Waals surface area contributed by atoms with Gasteiger partial charge in [0.2, 0.25) is 5.95 Å². The maximum Gasteiger partial charge on any atom is 0.222 e. The second kappa shape index (κ2) is 4.29. The summed E-state index contributed by atoms with van der Waals surface area (Å²) in [6.45, 7) is 4.04. The van der Waals surface area contributed by atoms with Gasteiger partial charge >= 0.3 is 0 Å². The van der Waals surface area contributed by atoms with Gasteiger partial charge in [-0.15, -0.1) is 0 Å². The van der Waals surface area contributed by atoms with Crippen LogP contribution >= 0.6 is 0 Å². The van der Waals surface area contributed by atoms with Crippen molar-refractivity contribution in [2.24, 2.45) is 0 Å². The van der Waals surface area contributed by atoms with Gasteiger partial charge in [-0.3, -0.25) is 5.10 Å². The first-order valence-corrected chi connectivity index (χ1v) is 6.14. The van der Waals surface area contributed by atoms with Gasteiger partial charge in [-0.1, -0.05) is 0 Å². The molecule has 0 amide bonds. The van der Waals surface area contributed by atoms with E-state index in [2.05, 4.69) is 25.1 Å². The highest BCUT2D eigenvalue weighted by atomic mass is 15.2. The van der Waals surface area contributed by atoms with Gasteiger partial charge in [-0.25, -0.2) is 4.98 Å². The third-order valence-corrected chi connectivity index (χ3v) is 3.13. The molecule has 18 heavy (non-hydrogen) atoms. The molecule has 1 aliphatic rings. The Morgan fingerprint density at radius 1 is 1.17 bits per heavy atom. The fraction of sp³-hybridized carbons (Fsp3) is 0.417. The molecule has 6 nitrogen and oxygen atoms in total. The van der Waals surface area contributed by atoms with Crippen molar-refractivity contribution in [3.05, 3.63) is 17.8 Å². The van der Waals surface area contributed by atoms with Gasteiger partial charge in [0.1, 0.15) is 11.5 Å². The average Bonchev–Trinajstić information content (AvgIpc) is 2.98. The van der Waals surface area contributed by atoms with E-state index in [-0.39, 0.29) is 0 Å². The highest BCUT2D eigenvalue weighted by molar-refractivity contribution is 5.61. The number of aromatic nitrogens is 4. The number of nitrogens with two attached hydrogens (primary N) is 1. The second-order valence-corrected chi connectivity index (χ2v) is 4.60. The number of aromatic amines is 1. The van der Waals surface area contributed by atoms with E-state index in [9.17, 15) is 0 Å². The summed E-state index contributed by atoms with van der Waals surface area (Å²) in [5, 5.41) is 7.12. The van der Waals surface area contributed by atoms with E-state index in [1.807, 2.05) is 19.1 Å². The summed E-state index contributed by atoms with van der Waals surface area (Å²) in [5.41, 5.74) is 8.37. The Morgan fingerprint density at radius 2 is 1.94 bits per heavy atom. The highest BCUT2D eigenvalue weighted by Crippen LogP contribution is 2.24. The minimum Gasteiger partial charge on any atom is -0.368 e. The molecule has 0 unspecified atom stereocenters. The molecule has 6 heteroatoms. The van der Waals surface area contributed by atoms with Crippen molar-refractivity contribution in [2.45, 2.75) is 19.8 Å². The smallest absolute Gasteiger partial charge is 0.222 e. The van der Waals surface area contributed by atoms with Crippen molar-refractivity contribution < 1.29 is 0 Å². The SMILES string of the molecule is Cc1cc(-c2cc(N3CCCC3)nc(N)n2)n[nH]1. The van der Waals surface area contributed by atoms with E-state index in [1.165, 1.54) is 12.8 Å². The lowest BCUT2D eigenvalue weighted by Gasteiger charge is -2.16. The summed E-state index contributed by atoms with van der Waals surface area (Å²) in [5.74, 6) is 1.20. The van der Waals surface area contributed by atoms with Crippen LogP contribution < -0.4 is 10.6 Å². The molecule has 0 aromatic carbocycles. The molecule has 3 N–H and O–H groups in total. The number of nitrogen functional groups attached to an aromatic ring is 1. The first-order chi connectivity index (χ1) is 8.72. The van der Waals surface area contributed by atoms with E-state index < -0.39 is 0 Å². The normalized spacial score (nSPS) is 15.3. The zero-order chi connectivity index (χ0) is 12.5. The Balaban J connectivity index is 1.99. The summed E-state index contributed by atoms with van der Waals surface area (Å²) < 4.78 is 0. The predicted octanol–water partition coefficient (Wildman–Crippen LogP) is 1.36. The van der Waals surface area contributed by atoms with Crippen molar-refractivity contribution in [3.8, 4) is 11.4 Å². The van der Waals surface area contributed by atoms with Crippen LogP contribution in [0.3, 0.4) is 0 Å². The maximum absolute atomic E-state index is 5.78. The summed E-state index contributed by atoms with van der Waals surface area (Å²) >= 11 is 0. The zero-order valence-corrected chi connectivity index (χ0v) is 10.3. The molecule has 3 rings (SSSR count). The molecule has 0 saturated carbocycles. The van der Waals surface area contributed by atoms with Crippen LogP contribution in [0.2, 0.25) is 0 Å². The number of nitrogens with zero attached hydrogens (tertiary/aromatic N) is 4. The molecule has 1 saturated heterocycles. The van der Waals surface area contributed by atoms with Crippen molar-refractivity contribution in [1.29, 1.82) is 0 Å². The van der Waals surface area contributed by atoms with Gasteiger partial charge in [0.05, 0.1) is 5.69 Å². The van der Waals surface area contributed by atoms with Gasteiger partial charge < -0.3 is 10.6 Å². The molecular formula is C12H16N6. The second-order valence-electron chi connectivity index (χ2n) is 4.60. The fourth-order valence-electron chi connectivity index (χ4n) is 2.24. The monoisotopic (exact) mass is 244 g/mol. The zero-order valence-electron chi connectivity index (χ0n) is 10.3. The number of hydrogen-bond donors (Lipinski definition) is 2. The Morgan fingerprint density at radius 3 is 2.61 bits per heavy atom. The summed E-state index contributed by atoms with van der Waals surface area (Å²) in [6.07, 6.45) is 2.42. The van der Waals surface area contributed by atoms with E-state index in [4.69, 9.17) is 5.73 Å². The molecule has 3 heterocycles. The Hall–Kier alpha value is -2.11. The van der Waals surface area contributed by atoms with Crippen molar-refractivity contribution in [2.75, 3.05) is 23.7 Å². The Kier molecular flexibility index (Phi) is 2.62. The minimum atomic E-state index is 0.301. The molecule has 1 aliphatic heterocycles. The number of anilines is 2. The Labute approximate surface area is 105 Å². The number of hydrogen-bond acceptors (Lipinski definition) is 5. The van der Waals surface area contributed by atoms with Crippen LogP contribution in [-0.4, -0.2) is 33.3 Å². The van der Waals surface area contributed by atoms with Crippen LogP contribution in [0.4, 0.5) is 11.8 Å². The van der Waals surface area contributed by atoms with Crippen LogP contribution in [0.1, 0.15) is 18.5 Å². The molecule has 2 aromatic rings. The van der Waals surface area contributed by atoms with Crippen molar-refractivity contribution in [3.63, 3.8) is 0 Å². The maximum atomic E-state index is 5.78. The molecule has 0 spiro atoms. The van der Waals surface area contributed by atoms with Crippen LogP contribution in [0.5, 0.6) is 0 Å².